The molecule has 0 aliphatic heterocycles. The van der Waals surface area contributed by atoms with Crippen molar-refractivity contribution in [1.29, 1.82) is 0 Å². The number of nitrogens with one attached hydrogen (secondary N) is 1. The van der Waals surface area contributed by atoms with Crippen LogP contribution >= 0.6 is 11.3 Å². The van der Waals surface area contributed by atoms with Gasteiger partial charge in [-0.3, -0.25) is 4.90 Å². The van der Waals surface area contributed by atoms with Crippen LogP contribution in [0.15, 0.2) is 46.0 Å². The highest BCUT2D eigenvalue weighted by molar-refractivity contribution is 7.89. The highest BCUT2D eigenvalue weighted by Gasteiger charge is 2.22. The fourth-order valence-corrected chi connectivity index (χ4v) is 4.32. The molecule has 2 rings (SSSR count). The minimum atomic E-state index is -3.49. The minimum Gasteiger partial charge on any atom is -0.296 e. The lowest BCUT2D eigenvalue weighted by Crippen LogP contribution is -2.37. The molecule has 0 radical (unpaired) electrons. The number of nitrogens with zero attached hydrogens (tertiary/aromatic N) is 1. The van der Waals surface area contributed by atoms with E-state index in [0.29, 0.717) is 11.4 Å². The SMILES string of the molecule is CCN(CC)[C@H](CNS(=O)(=O)c1ccc(C)cc1)c1ccsc1. The van der Waals surface area contributed by atoms with Crippen molar-refractivity contribution < 1.29 is 8.42 Å². The molecule has 1 atom stereocenters. The van der Waals surface area contributed by atoms with Crippen LogP contribution in [0.3, 0.4) is 0 Å². The Bertz CT molecular complexity index is 691. The predicted octanol–water partition coefficient (Wildman–Crippen LogP) is 3.42. The summed E-state index contributed by atoms with van der Waals surface area (Å²) >= 11 is 1.63. The van der Waals surface area contributed by atoms with Gasteiger partial charge in [-0.05, 0) is 54.5 Å². The molecule has 4 nitrogen and oxygen atoms in total. The first-order valence-electron chi connectivity index (χ1n) is 7.80. The molecular weight excluding hydrogens is 328 g/mol. The van der Waals surface area contributed by atoms with Crippen molar-refractivity contribution in [3.63, 3.8) is 0 Å². The second-order valence-corrected chi connectivity index (χ2v) is 8.01. The van der Waals surface area contributed by atoms with E-state index in [9.17, 15) is 8.42 Å². The van der Waals surface area contributed by atoms with E-state index in [-0.39, 0.29) is 6.04 Å². The molecule has 1 N–H and O–H groups in total. The Hall–Kier alpha value is -1.21. The van der Waals surface area contributed by atoms with Gasteiger partial charge in [0.05, 0.1) is 4.90 Å². The number of benzene rings is 1. The van der Waals surface area contributed by atoms with Crippen molar-refractivity contribution in [2.75, 3.05) is 19.6 Å². The molecule has 0 saturated heterocycles. The van der Waals surface area contributed by atoms with E-state index in [4.69, 9.17) is 0 Å². The zero-order valence-corrected chi connectivity index (χ0v) is 15.5. The highest BCUT2D eigenvalue weighted by Crippen LogP contribution is 2.23. The molecule has 1 aromatic carbocycles. The van der Waals surface area contributed by atoms with Crippen molar-refractivity contribution in [3.8, 4) is 0 Å². The van der Waals surface area contributed by atoms with E-state index in [1.54, 1.807) is 23.5 Å². The summed E-state index contributed by atoms with van der Waals surface area (Å²) in [6, 6.07) is 9.04. The van der Waals surface area contributed by atoms with Crippen LogP contribution < -0.4 is 4.72 Å². The van der Waals surface area contributed by atoms with Crippen molar-refractivity contribution in [2.45, 2.75) is 31.7 Å². The second-order valence-electron chi connectivity index (χ2n) is 5.46. The van der Waals surface area contributed by atoms with Crippen LogP contribution in [0.25, 0.3) is 0 Å². The van der Waals surface area contributed by atoms with Gasteiger partial charge in [0.2, 0.25) is 10.0 Å². The number of thiophene rings is 1. The van der Waals surface area contributed by atoms with Crippen LogP contribution in [0.1, 0.15) is 31.0 Å². The molecule has 0 aliphatic rings. The molecular formula is C17H24N2O2S2. The van der Waals surface area contributed by atoms with Gasteiger partial charge in [-0.1, -0.05) is 31.5 Å². The number of rotatable bonds is 8. The molecule has 1 heterocycles. The van der Waals surface area contributed by atoms with Crippen LogP contribution in [0.2, 0.25) is 0 Å². The van der Waals surface area contributed by atoms with Gasteiger partial charge in [-0.15, -0.1) is 0 Å². The third-order valence-corrected chi connectivity index (χ3v) is 6.12. The van der Waals surface area contributed by atoms with Crippen molar-refractivity contribution in [3.05, 3.63) is 52.2 Å². The first kappa shape index (κ1) is 18.1. The number of hydrogen-bond acceptors (Lipinski definition) is 4. The van der Waals surface area contributed by atoms with Gasteiger partial charge in [0.25, 0.3) is 0 Å². The molecule has 0 fully saturated rings. The zero-order chi connectivity index (χ0) is 16.9. The third-order valence-electron chi connectivity index (χ3n) is 3.98. The van der Waals surface area contributed by atoms with E-state index in [2.05, 4.69) is 34.9 Å². The van der Waals surface area contributed by atoms with Gasteiger partial charge in [-0.25, -0.2) is 13.1 Å². The van der Waals surface area contributed by atoms with Crippen LogP contribution in [0.5, 0.6) is 0 Å². The normalized spacial score (nSPS) is 13.4. The van der Waals surface area contributed by atoms with Gasteiger partial charge in [-0.2, -0.15) is 11.3 Å². The summed E-state index contributed by atoms with van der Waals surface area (Å²) in [5.74, 6) is 0. The molecule has 1 aromatic heterocycles. The van der Waals surface area contributed by atoms with Crippen molar-refractivity contribution in [1.82, 2.24) is 9.62 Å². The standard InChI is InChI=1S/C17H24N2O2S2/c1-4-19(5-2)17(15-10-11-22-13-15)12-18-23(20,21)16-8-6-14(3)7-9-16/h6-11,13,17-18H,4-5,12H2,1-3H3/t17-/m1/s1. The van der Waals surface area contributed by atoms with E-state index >= 15 is 0 Å². The lowest BCUT2D eigenvalue weighted by Gasteiger charge is -2.29. The van der Waals surface area contributed by atoms with E-state index < -0.39 is 10.0 Å². The summed E-state index contributed by atoms with van der Waals surface area (Å²) in [6.45, 7) is 8.26. The van der Waals surface area contributed by atoms with Crippen LogP contribution in [0.4, 0.5) is 0 Å². The number of sulfonamides is 1. The maximum Gasteiger partial charge on any atom is 0.240 e. The summed E-state index contributed by atoms with van der Waals surface area (Å²) in [5, 5.41) is 4.11. The Kier molecular flexibility index (Phi) is 6.35. The number of aryl methyl sites for hydroxylation is 1. The monoisotopic (exact) mass is 352 g/mol. The molecule has 2 aromatic rings. The van der Waals surface area contributed by atoms with Gasteiger partial charge >= 0.3 is 0 Å². The van der Waals surface area contributed by atoms with Gasteiger partial charge in [0.15, 0.2) is 0 Å². The predicted molar refractivity (Wildman–Crippen MR) is 96.3 cm³/mol. The van der Waals surface area contributed by atoms with Gasteiger partial charge < -0.3 is 0 Å². The lowest BCUT2D eigenvalue weighted by molar-refractivity contribution is 0.220. The summed E-state index contributed by atoms with van der Waals surface area (Å²) in [6.07, 6.45) is 0. The fraction of sp³-hybridized carbons (Fsp3) is 0.412. The molecule has 0 amide bonds. The van der Waals surface area contributed by atoms with E-state index in [1.807, 2.05) is 24.4 Å². The Morgan fingerprint density at radius 1 is 1.13 bits per heavy atom. The molecule has 0 saturated carbocycles. The summed E-state index contributed by atoms with van der Waals surface area (Å²) < 4.78 is 27.7. The van der Waals surface area contributed by atoms with Gasteiger partial charge in [0.1, 0.15) is 0 Å². The lowest BCUT2D eigenvalue weighted by atomic mass is 10.1. The Balaban J connectivity index is 2.16. The summed E-state index contributed by atoms with van der Waals surface area (Å²) in [7, 11) is -3.49. The molecule has 0 unspecified atom stereocenters. The van der Waals surface area contributed by atoms with Crippen LogP contribution in [-0.4, -0.2) is 33.0 Å². The average Bonchev–Trinajstić information content (AvgIpc) is 3.06. The number of hydrogen-bond donors (Lipinski definition) is 1. The molecule has 0 spiro atoms. The molecule has 23 heavy (non-hydrogen) atoms. The van der Waals surface area contributed by atoms with Crippen LogP contribution in [-0.2, 0) is 10.0 Å². The second kappa shape index (κ2) is 8.06. The third kappa shape index (κ3) is 4.64. The van der Waals surface area contributed by atoms with E-state index in [1.165, 1.54) is 0 Å². The fourth-order valence-electron chi connectivity index (χ4n) is 2.58. The Labute approximate surface area is 143 Å². The van der Waals surface area contributed by atoms with Crippen molar-refractivity contribution in [2.24, 2.45) is 0 Å². The molecule has 6 heteroatoms. The minimum absolute atomic E-state index is 0.0523. The maximum atomic E-state index is 12.5. The topological polar surface area (TPSA) is 49.4 Å². The van der Waals surface area contributed by atoms with E-state index in [0.717, 1.165) is 24.2 Å². The summed E-state index contributed by atoms with van der Waals surface area (Å²) in [5.41, 5.74) is 2.20. The van der Waals surface area contributed by atoms with Crippen LogP contribution in [0, 0.1) is 6.92 Å². The zero-order valence-electron chi connectivity index (χ0n) is 13.8. The quantitative estimate of drug-likeness (QED) is 0.792. The Morgan fingerprint density at radius 2 is 1.78 bits per heavy atom. The van der Waals surface area contributed by atoms with Crippen molar-refractivity contribution >= 4 is 21.4 Å². The smallest absolute Gasteiger partial charge is 0.240 e. The van der Waals surface area contributed by atoms with Gasteiger partial charge in [0, 0.05) is 12.6 Å². The molecule has 126 valence electrons. The highest BCUT2D eigenvalue weighted by atomic mass is 32.2. The first-order valence-corrected chi connectivity index (χ1v) is 10.2. The molecule has 0 aliphatic carbocycles. The largest absolute Gasteiger partial charge is 0.296 e. The average molecular weight is 353 g/mol. The number of likely N-dealkylation sites (N-methyl/N-ethyl adjacent to an activating group) is 1. The first-order chi connectivity index (χ1) is 11.0. The summed E-state index contributed by atoms with van der Waals surface area (Å²) in [4.78, 5) is 2.58. The maximum absolute atomic E-state index is 12.5. The molecule has 0 bridgehead atoms. The Morgan fingerprint density at radius 3 is 2.30 bits per heavy atom.